The molecular formula is C13H22N4O. The number of amides is 1. The first-order valence-corrected chi connectivity index (χ1v) is 6.67. The van der Waals surface area contributed by atoms with Crippen LogP contribution in [0.4, 0.5) is 0 Å². The van der Waals surface area contributed by atoms with E-state index in [0.29, 0.717) is 12.8 Å². The smallest absolute Gasteiger partial charge is 0.237 e. The fraction of sp³-hybridized carbons (Fsp3) is 0.692. The Balaban J connectivity index is 2.18. The third-order valence-corrected chi connectivity index (χ3v) is 3.87. The van der Waals surface area contributed by atoms with Gasteiger partial charge in [-0.2, -0.15) is 0 Å². The molecule has 0 radical (unpaired) electrons. The molecule has 18 heavy (non-hydrogen) atoms. The van der Waals surface area contributed by atoms with Gasteiger partial charge in [-0.05, 0) is 32.1 Å². The molecule has 0 spiro atoms. The van der Waals surface area contributed by atoms with Crippen LogP contribution in [0.1, 0.15) is 50.9 Å². The summed E-state index contributed by atoms with van der Waals surface area (Å²) in [6.45, 7) is 2.14. The van der Waals surface area contributed by atoms with E-state index in [1.807, 2.05) is 12.4 Å². The molecule has 1 aromatic heterocycles. The molecule has 0 aliphatic heterocycles. The molecule has 2 atom stereocenters. The maximum Gasteiger partial charge on any atom is 0.237 e. The molecule has 2 rings (SSSR count). The van der Waals surface area contributed by atoms with Gasteiger partial charge in [-0.1, -0.05) is 6.92 Å². The van der Waals surface area contributed by atoms with E-state index in [0.717, 1.165) is 31.5 Å². The van der Waals surface area contributed by atoms with Crippen LogP contribution in [0.3, 0.4) is 0 Å². The highest BCUT2D eigenvalue weighted by atomic mass is 16.1. The van der Waals surface area contributed by atoms with Crippen molar-refractivity contribution in [2.45, 2.75) is 57.0 Å². The minimum Gasteiger partial charge on any atom is -0.368 e. The second-order valence-corrected chi connectivity index (χ2v) is 5.27. The van der Waals surface area contributed by atoms with Crippen LogP contribution in [0, 0.1) is 0 Å². The highest BCUT2D eigenvalue weighted by Gasteiger charge is 2.38. The van der Waals surface area contributed by atoms with Crippen molar-refractivity contribution >= 4 is 5.91 Å². The maximum absolute atomic E-state index is 11.5. The number of imidazole rings is 1. The van der Waals surface area contributed by atoms with Crippen molar-refractivity contribution in [3.63, 3.8) is 0 Å². The molecule has 1 heterocycles. The van der Waals surface area contributed by atoms with Crippen LogP contribution in [0.2, 0.25) is 0 Å². The van der Waals surface area contributed by atoms with Crippen molar-refractivity contribution in [2.24, 2.45) is 11.5 Å². The summed E-state index contributed by atoms with van der Waals surface area (Å²) < 4.78 is 2.17. The van der Waals surface area contributed by atoms with Gasteiger partial charge in [0.05, 0.1) is 5.54 Å². The summed E-state index contributed by atoms with van der Waals surface area (Å²) in [6.07, 6.45) is 9.12. The van der Waals surface area contributed by atoms with E-state index in [4.69, 9.17) is 11.5 Å². The predicted octanol–water partition coefficient (Wildman–Crippen LogP) is 1.13. The molecule has 0 aromatic carbocycles. The van der Waals surface area contributed by atoms with E-state index in [1.54, 1.807) is 0 Å². The van der Waals surface area contributed by atoms with Gasteiger partial charge in [0.1, 0.15) is 5.82 Å². The van der Waals surface area contributed by atoms with Crippen LogP contribution in [-0.4, -0.2) is 21.0 Å². The van der Waals surface area contributed by atoms with Crippen LogP contribution < -0.4 is 11.5 Å². The lowest BCUT2D eigenvalue weighted by atomic mass is 9.79. The lowest BCUT2D eigenvalue weighted by Crippen LogP contribution is -2.54. The second kappa shape index (κ2) is 5.10. The zero-order valence-corrected chi connectivity index (χ0v) is 10.9. The van der Waals surface area contributed by atoms with Crippen molar-refractivity contribution in [3.05, 3.63) is 18.2 Å². The van der Waals surface area contributed by atoms with Gasteiger partial charge in [0, 0.05) is 24.9 Å². The van der Waals surface area contributed by atoms with E-state index in [1.165, 1.54) is 0 Å². The molecule has 1 saturated carbocycles. The number of nitrogens with zero attached hydrogens (tertiary/aromatic N) is 2. The lowest BCUT2D eigenvalue weighted by molar-refractivity contribution is -0.124. The quantitative estimate of drug-likeness (QED) is 0.839. The monoisotopic (exact) mass is 250 g/mol. The molecule has 4 N–H and O–H groups in total. The van der Waals surface area contributed by atoms with Gasteiger partial charge in [-0.3, -0.25) is 4.79 Å². The predicted molar refractivity (Wildman–Crippen MR) is 69.8 cm³/mol. The van der Waals surface area contributed by atoms with E-state index >= 15 is 0 Å². The Morgan fingerprint density at radius 2 is 2.44 bits per heavy atom. The highest BCUT2D eigenvalue weighted by molar-refractivity contribution is 5.84. The summed E-state index contributed by atoms with van der Waals surface area (Å²) in [6, 6.07) is 0.250. The highest BCUT2D eigenvalue weighted by Crippen LogP contribution is 2.34. The van der Waals surface area contributed by atoms with Gasteiger partial charge < -0.3 is 16.0 Å². The topological polar surface area (TPSA) is 86.9 Å². The number of nitrogens with two attached hydrogens (primary N) is 2. The Labute approximate surface area is 108 Å². The van der Waals surface area contributed by atoms with Crippen LogP contribution in [0.5, 0.6) is 0 Å². The minimum atomic E-state index is -0.851. The van der Waals surface area contributed by atoms with Gasteiger partial charge in [0.2, 0.25) is 5.91 Å². The van der Waals surface area contributed by atoms with Crippen molar-refractivity contribution in [3.8, 4) is 0 Å². The number of hydrogen-bond acceptors (Lipinski definition) is 3. The van der Waals surface area contributed by atoms with E-state index in [9.17, 15) is 4.79 Å². The Bertz CT molecular complexity index is 428. The maximum atomic E-state index is 11.5. The SMILES string of the molecule is CCCc1nccn1C1CCCC(N)(C(N)=O)C1. The number of aromatic nitrogens is 2. The third kappa shape index (κ3) is 2.41. The molecule has 100 valence electrons. The molecule has 1 amide bonds. The molecule has 0 saturated heterocycles. The average molecular weight is 250 g/mol. The van der Waals surface area contributed by atoms with Gasteiger partial charge in [-0.15, -0.1) is 0 Å². The van der Waals surface area contributed by atoms with E-state index in [2.05, 4.69) is 16.5 Å². The summed E-state index contributed by atoms with van der Waals surface area (Å²) in [4.78, 5) is 15.9. The number of carbonyl (C=O) groups excluding carboxylic acids is 1. The Hall–Kier alpha value is -1.36. The Morgan fingerprint density at radius 1 is 1.67 bits per heavy atom. The van der Waals surface area contributed by atoms with Crippen LogP contribution in [0.25, 0.3) is 0 Å². The number of hydrogen-bond donors (Lipinski definition) is 2. The zero-order valence-electron chi connectivity index (χ0n) is 10.9. The van der Waals surface area contributed by atoms with Crippen LogP contribution >= 0.6 is 0 Å². The largest absolute Gasteiger partial charge is 0.368 e. The third-order valence-electron chi connectivity index (χ3n) is 3.87. The van der Waals surface area contributed by atoms with Gasteiger partial charge in [-0.25, -0.2) is 4.98 Å². The van der Waals surface area contributed by atoms with Gasteiger partial charge in [0.15, 0.2) is 0 Å². The Morgan fingerprint density at radius 3 is 3.11 bits per heavy atom. The first kappa shape index (κ1) is 13.1. The summed E-state index contributed by atoms with van der Waals surface area (Å²) >= 11 is 0. The second-order valence-electron chi connectivity index (χ2n) is 5.27. The van der Waals surface area contributed by atoms with E-state index < -0.39 is 5.54 Å². The fourth-order valence-corrected chi connectivity index (χ4v) is 2.83. The normalized spacial score (nSPS) is 28.2. The number of primary amides is 1. The molecule has 1 aliphatic carbocycles. The first-order valence-electron chi connectivity index (χ1n) is 6.67. The number of rotatable bonds is 4. The summed E-state index contributed by atoms with van der Waals surface area (Å²) in [5, 5.41) is 0. The summed E-state index contributed by atoms with van der Waals surface area (Å²) in [7, 11) is 0. The lowest BCUT2D eigenvalue weighted by Gasteiger charge is -2.36. The van der Waals surface area contributed by atoms with E-state index in [-0.39, 0.29) is 11.9 Å². The molecule has 2 unspecified atom stereocenters. The minimum absolute atomic E-state index is 0.250. The van der Waals surface area contributed by atoms with Gasteiger partial charge in [0.25, 0.3) is 0 Å². The fourth-order valence-electron chi connectivity index (χ4n) is 2.83. The van der Waals surface area contributed by atoms with Gasteiger partial charge >= 0.3 is 0 Å². The molecular weight excluding hydrogens is 228 g/mol. The zero-order chi connectivity index (χ0) is 13.2. The van der Waals surface area contributed by atoms with Crippen molar-refractivity contribution in [1.82, 2.24) is 9.55 Å². The average Bonchev–Trinajstić information content (AvgIpc) is 2.78. The molecule has 1 aromatic rings. The standard InChI is InChI=1S/C13H22N4O/c1-2-4-11-16-7-8-17(11)10-5-3-6-13(15,9-10)12(14)18/h7-8,10H,2-6,9,15H2,1H3,(H2,14,18). The van der Waals surface area contributed by atoms with Crippen molar-refractivity contribution < 1.29 is 4.79 Å². The Kier molecular flexibility index (Phi) is 3.71. The molecule has 0 bridgehead atoms. The van der Waals surface area contributed by atoms with Crippen molar-refractivity contribution in [2.75, 3.05) is 0 Å². The summed E-state index contributed by atoms with van der Waals surface area (Å²) in [5.41, 5.74) is 10.7. The molecule has 1 aliphatic rings. The molecule has 5 nitrogen and oxygen atoms in total. The van der Waals surface area contributed by atoms with Crippen LogP contribution in [0.15, 0.2) is 12.4 Å². The van der Waals surface area contributed by atoms with Crippen LogP contribution in [-0.2, 0) is 11.2 Å². The van der Waals surface area contributed by atoms with Crippen molar-refractivity contribution in [1.29, 1.82) is 0 Å². The summed E-state index contributed by atoms with van der Waals surface area (Å²) in [5.74, 6) is 0.695. The molecule has 5 heteroatoms. The first-order chi connectivity index (χ1) is 8.57. The number of carbonyl (C=O) groups is 1. The molecule has 1 fully saturated rings. The number of aryl methyl sites for hydroxylation is 1.